The summed E-state index contributed by atoms with van der Waals surface area (Å²) in [5.74, 6) is 0.796. The Morgan fingerprint density at radius 2 is 2.00 bits per heavy atom. The van der Waals surface area contributed by atoms with Crippen LogP contribution in [0.25, 0.3) is 0 Å². The fraction of sp³-hybridized carbons (Fsp3) is 0.235. The van der Waals surface area contributed by atoms with Crippen LogP contribution in [0.5, 0.6) is 5.75 Å². The molecule has 2 aromatic rings. The Kier molecular flexibility index (Phi) is 5.83. The Bertz CT molecular complexity index is 659. The molecule has 0 atom stereocenters. The third-order valence-electron chi connectivity index (χ3n) is 3.23. The highest BCUT2D eigenvalue weighted by atomic mass is 79.9. The summed E-state index contributed by atoms with van der Waals surface area (Å²) in [6.07, 6.45) is 0.889. The number of nitrogens with one attached hydrogen (secondary N) is 2. The molecule has 0 aliphatic rings. The zero-order valence-corrected chi connectivity index (χ0v) is 14.2. The topological polar surface area (TPSA) is 50.4 Å². The third-order valence-corrected chi connectivity index (χ3v) is 4.12. The number of aryl methyl sites for hydroxylation is 2. The Balaban J connectivity index is 1.84. The van der Waals surface area contributed by atoms with Crippen LogP contribution in [0, 0.1) is 6.92 Å². The van der Waals surface area contributed by atoms with Gasteiger partial charge in [0.05, 0.1) is 0 Å². The van der Waals surface area contributed by atoms with E-state index in [1.165, 1.54) is 0 Å². The summed E-state index contributed by atoms with van der Waals surface area (Å²) in [4.78, 5) is 11.8. The van der Waals surface area contributed by atoms with Gasteiger partial charge in [-0.15, -0.1) is 0 Å². The number of benzene rings is 2. The van der Waals surface area contributed by atoms with E-state index in [0.717, 1.165) is 33.5 Å². The highest BCUT2D eigenvalue weighted by Gasteiger charge is 2.04. The fourth-order valence-electron chi connectivity index (χ4n) is 2.01. The van der Waals surface area contributed by atoms with Crippen molar-refractivity contribution in [1.82, 2.24) is 5.32 Å². The highest BCUT2D eigenvalue weighted by molar-refractivity contribution is 9.10. The molecule has 2 aromatic carbocycles. The molecular weight excluding hydrogens is 344 g/mol. The van der Waals surface area contributed by atoms with Crippen molar-refractivity contribution >= 4 is 27.6 Å². The van der Waals surface area contributed by atoms with Gasteiger partial charge in [-0.1, -0.05) is 41.1 Å². The van der Waals surface area contributed by atoms with Crippen LogP contribution < -0.4 is 15.4 Å². The maximum atomic E-state index is 11.8. The molecule has 0 radical (unpaired) electrons. The van der Waals surface area contributed by atoms with E-state index in [-0.39, 0.29) is 12.8 Å². The van der Waals surface area contributed by atoms with Crippen LogP contribution in [0.3, 0.4) is 0 Å². The number of carbonyl (C=O) groups excluding carboxylic acids is 1. The van der Waals surface area contributed by atoms with E-state index >= 15 is 0 Å². The summed E-state index contributed by atoms with van der Waals surface area (Å²) in [5.41, 5.74) is 2.92. The molecular formula is C17H19BrN2O2. The van der Waals surface area contributed by atoms with Crippen LogP contribution in [-0.2, 0) is 6.42 Å². The number of urea groups is 1. The molecule has 2 N–H and O–H groups in total. The maximum Gasteiger partial charge on any atom is 0.321 e. The molecule has 116 valence electrons. The molecule has 0 saturated heterocycles. The lowest BCUT2D eigenvalue weighted by Crippen LogP contribution is -2.32. The van der Waals surface area contributed by atoms with E-state index in [1.807, 2.05) is 49.4 Å². The predicted octanol–water partition coefficient (Wildman–Crippen LogP) is 4.48. The number of anilines is 1. The van der Waals surface area contributed by atoms with Gasteiger partial charge in [-0.2, -0.15) is 0 Å². The van der Waals surface area contributed by atoms with Gasteiger partial charge in [0.25, 0.3) is 0 Å². The summed E-state index contributed by atoms with van der Waals surface area (Å²) in [6, 6.07) is 13.1. The molecule has 4 nitrogen and oxygen atoms in total. The molecule has 0 spiro atoms. The van der Waals surface area contributed by atoms with Crippen LogP contribution in [0.2, 0.25) is 0 Å². The summed E-state index contributed by atoms with van der Waals surface area (Å²) >= 11 is 3.43. The van der Waals surface area contributed by atoms with Gasteiger partial charge in [-0.25, -0.2) is 4.79 Å². The maximum absolute atomic E-state index is 11.8. The third kappa shape index (κ3) is 4.49. The highest BCUT2D eigenvalue weighted by Crippen LogP contribution is 2.20. The first-order valence-corrected chi connectivity index (χ1v) is 7.91. The monoisotopic (exact) mass is 362 g/mol. The zero-order valence-electron chi connectivity index (χ0n) is 12.7. The molecule has 0 bridgehead atoms. The molecule has 2 rings (SSSR count). The average Bonchev–Trinajstić information content (AvgIpc) is 2.51. The SMILES string of the molecule is CCc1ccccc1OCNC(=O)Nc1ccc(Br)c(C)c1. The fourth-order valence-corrected chi connectivity index (χ4v) is 2.26. The van der Waals surface area contributed by atoms with Crippen molar-refractivity contribution in [3.63, 3.8) is 0 Å². The van der Waals surface area contributed by atoms with Gasteiger partial charge < -0.3 is 15.4 Å². The van der Waals surface area contributed by atoms with Crippen LogP contribution in [-0.4, -0.2) is 12.8 Å². The second kappa shape index (κ2) is 7.84. The molecule has 0 fully saturated rings. The van der Waals surface area contributed by atoms with Gasteiger partial charge in [0.15, 0.2) is 6.73 Å². The van der Waals surface area contributed by atoms with Gasteiger partial charge in [0.1, 0.15) is 5.75 Å². The summed E-state index contributed by atoms with van der Waals surface area (Å²) in [6.45, 7) is 4.16. The lowest BCUT2D eigenvalue weighted by atomic mass is 10.1. The Hall–Kier alpha value is -2.01. The summed E-state index contributed by atoms with van der Waals surface area (Å²) in [7, 11) is 0. The van der Waals surface area contributed by atoms with Gasteiger partial charge in [-0.3, -0.25) is 0 Å². The molecule has 0 saturated carbocycles. The van der Waals surface area contributed by atoms with Crippen molar-refractivity contribution in [2.75, 3.05) is 12.0 Å². The number of hydrogen-bond donors (Lipinski definition) is 2. The first-order valence-electron chi connectivity index (χ1n) is 7.12. The Morgan fingerprint density at radius 1 is 1.23 bits per heavy atom. The van der Waals surface area contributed by atoms with Crippen molar-refractivity contribution in [1.29, 1.82) is 0 Å². The normalized spacial score (nSPS) is 10.1. The largest absolute Gasteiger partial charge is 0.473 e. The minimum Gasteiger partial charge on any atom is -0.473 e. The van der Waals surface area contributed by atoms with Gasteiger partial charge in [0, 0.05) is 10.2 Å². The van der Waals surface area contributed by atoms with Crippen LogP contribution in [0.4, 0.5) is 10.5 Å². The van der Waals surface area contributed by atoms with Crippen LogP contribution in [0.1, 0.15) is 18.1 Å². The quantitative estimate of drug-likeness (QED) is 0.770. The van der Waals surface area contributed by atoms with E-state index in [0.29, 0.717) is 0 Å². The number of ether oxygens (including phenoxy) is 1. The molecule has 0 heterocycles. The summed E-state index contributed by atoms with van der Waals surface area (Å²) < 4.78 is 6.61. The molecule has 5 heteroatoms. The number of carbonyl (C=O) groups is 1. The number of hydrogen-bond acceptors (Lipinski definition) is 2. The average molecular weight is 363 g/mol. The Labute approximate surface area is 139 Å². The predicted molar refractivity (Wildman–Crippen MR) is 92.3 cm³/mol. The molecule has 0 aromatic heterocycles. The van der Waals surface area contributed by atoms with Gasteiger partial charge >= 0.3 is 6.03 Å². The number of amides is 2. The molecule has 0 unspecified atom stereocenters. The lowest BCUT2D eigenvalue weighted by Gasteiger charge is -2.12. The number of para-hydroxylation sites is 1. The minimum atomic E-state index is -0.296. The van der Waals surface area contributed by atoms with Crippen LogP contribution >= 0.6 is 15.9 Å². The summed E-state index contributed by atoms with van der Waals surface area (Å²) in [5, 5.41) is 5.45. The Morgan fingerprint density at radius 3 is 2.73 bits per heavy atom. The van der Waals surface area contributed by atoms with Gasteiger partial charge in [0.2, 0.25) is 0 Å². The zero-order chi connectivity index (χ0) is 15.9. The standard InChI is InChI=1S/C17H19BrN2O2/c1-3-13-6-4-5-7-16(13)22-11-19-17(21)20-14-8-9-15(18)12(2)10-14/h4-10H,3,11H2,1-2H3,(H2,19,20,21). The minimum absolute atomic E-state index is 0.123. The molecule has 0 aliphatic heterocycles. The molecule has 0 aliphatic carbocycles. The first-order chi connectivity index (χ1) is 10.6. The van der Waals surface area contributed by atoms with E-state index < -0.39 is 0 Å². The van der Waals surface area contributed by atoms with Crippen molar-refractivity contribution in [3.8, 4) is 5.75 Å². The second-order valence-electron chi connectivity index (χ2n) is 4.84. The number of halogens is 1. The van der Waals surface area contributed by atoms with E-state index in [2.05, 4.69) is 33.5 Å². The molecule has 2 amide bonds. The smallest absolute Gasteiger partial charge is 0.321 e. The first kappa shape index (κ1) is 16.4. The van der Waals surface area contributed by atoms with Crippen molar-refractivity contribution in [3.05, 3.63) is 58.1 Å². The second-order valence-corrected chi connectivity index (χ2v) is 5.70. The van der Waals surface area contributed by atoms with Crippen molar-refractivity contribution < 1.29 is 9.53 Å². The number of rotatable bonds is 5. The van der Waals surface area contributed by atoms with Gasteiger partial charge in [-0.05, 0) is 48.7 Å². The van der Waals surface area contributed by atoms with E-state index in [9.17, 15) is 4.79 Å². The van der Waals surface area contributed by atoms with Crippen molar-refractivity contribution in [2.24, 2.45) is 0 Å². The molecule has 22 heavy (non-hydrogen) atoms. The van der Waals surface area contributed by atoms with Crippen LogP contribution in [0.15, 0.2) is 46.9 Å². The van der Waals surface area contributed by atoms with E-state index in [1.54, 1.807) is 0 Å². The van der Waals surface area contributed by atoms with Crippen molar-refractivity contribution in [2.45, 2.75) is 20.3 Å². The lowest BCUT2D eigenvalue weighted by molar-refractivity contribution is 0.234. The van der Waals surface area contributed by atoms with E-state index in [4.69, 9.17) is 4.74 Å².